The Morgan fingerprint density at radius 1 is 1.24 bits per heavy atom. The van der Waals surface area contributed by atoms with Crippen LogP contribution < -0.4 is 10.6 Å². The van der Waals surface area contributed by atoms with E-state index in [2.05, 4.69) is 37.8 Å². The van der Waals surface area contributed by atoms with Crippen molar-refractivity contribution in [3.05, 3.63) is 23.8 Å². The van der Waals surface area contributed by atoms with Crippen molar-refractivity contribution in [1.82, 2.24) is 0 Å². The molecule has 0 aliphatic carbocycles. The quantitative estimate of drug-likeness (QED) is 0.789. The van der Waals surface area contributed by atoms with Gasteiger partial charge in [0.05, 0.1) is 0 Å². The summed E-state index contributed by atoms with van der Waals surface area (Å²) in [6.07, 6.45) is 5.02. The van der Waals surface area contributed by atoms with Crippen LogP contribution in [0.4, 0.5) is 11.4 Å². The van der Waals surface area contributed by atoms with Crippen LogP contribution in [0, 0.1) is 0 Å². The molecule has 2 nitrogen and oxygen atoms in total. The summed E-state index contributed by atoms with van der Waals surface area (Å²) in [5, 5.41) is 0. The fourth-order valence-electron chi connectivity index (χ4n) is 3.04. The van der Waals surface area contributed by atoms with Gasteiger partial charge >= 0.3 is 0 Å². The van der Waals surface area contributed by atoms with E-state index in [1.165, 1.54) is 30.5 Å². The number of anilines is 2. The van der Waals surface area contributed by atoms with E-state index in [0.29, 0.717) is 12.1 Å². The second-order valence-electron chi connectivity index (χ2n) is 5.28. The highest BCUT2D eigenvalue weighted by Crippen LogP contribution is 2.32. The second-order valence-corrected chi connectivity index (χ2v) is 5.28. The Hall–Kier alpha value is -1.18. The Bertz CT molecular complexity index is 377. The van der Waals surface area contributed by atoms with Gasteiger partial charge in [-0.25, -0.2) is 0 Å². The zero-order valence-corrected chi connectivity index (χ0v) is 11.2. The number of nitrogens with two attached hydrogens (primary N) is 1. The molecule has 0 spiro atoms. The van der Waals surface area contributed by atoms with Gasteiger partial charge in [-0.05, 0) is 63.3 Å². The molecule has 0 aromatic heterocycles. The first kappa shape index (κ1) is 12.3. The van der Waals surface area contributed by atoms with Gasteiger partial charge in [0.1, 0.15) is 0 Å². The van der Waals surface area contributed by atoms with E-state index in [9.17, 15) is 0 Å². The first-order valence-electron chi connectivity index (χ1n) is 6.80. The lowest BCUT2D eigenvalue weighted by atomic mass is 9.95. The molecule has 1 heterocycles. The van der Waals surface area contributed by atoms with Crippen molar-refractivity contribution in [3.8, 4) is 0 Å². The molecule has 1 aliphatic heterocycles. The summed E-state index contributed by atoms with van der Waals surface area (Å²) >= 11 is 0. The van der Waals surface area contributed by atoms with Crippen LogP contribution in [0.1, 0.15) is 45.6 Å². The van der Waals surface area contributed by atoms with Crippen molar-refractivity contribution in [2.75, 3.05) is 10.6 Å². The zero-order chi connectivity index (χ0) is 12.4. The molecule has 1 fully saturated rings. The number of benzene rings is 1. The summed E-state index contributed by atoms with van der Waals surface area (Å²) in [4.78, 5) is 2.59. The minimum absolute atomic E-state index is 0.646. The highest BCUT2D eigenvalue weighted by molar-refractivity contribution is 5.61. The maximum atomic E-state index is 5.88. The predicted molar refractivity (Wildman–Crippen MR) is 75.5 cm³/mol. The number of piperidine rings is 1. The number of aryl methyl sites for hydroxylation is 1. The summed E-state index contributed by atoms with van der Waals surface area (Å²) in [5.74, 6) is 0. The van der Waals surface area contributed by atoms with Gasteiger partial charge in [0.15, 0.2) is 0 Å². The summed E-state index contributed by atoms with van der Waals surface area (Å²) in [7, 11) is 0. The molecule has 1 aromatic carbocycles. The van der Waals surface area contributed by atoms with Crippen molar-refractivity contribution in [1.29, 1.82) is 0 Å². The molecule has 0 amide bonds. The third-order valence-corrected chi connectivity index (χ3v) is 3.96. The zero-order valence-electron chi connectivity index (χ0n) is 11.2. The average Bonchev–Trinajstić information content (AvgIpc) is 2.30. The highest BCUT2D eigenvalue weighted by atomic mass is 15.2. The molecule has 2 N–H and O–H groups in total. The van der Waals surface area contributed by atoms with Crippen LogP contribution in [-0.2, 0) is 6.42 Å². The lowest BCUT2D eigenvalue weighted by molar-refractivity contribution is 0.413. The van der Waals surface area contributed by atoms with Gasteiger partial charge in [-0.3, -0.25) is 0 Å². The van der Waals surface area contributed by atoms with Crippen LogP contribution in [-0.4, -0.2) is 12.1 Å². The molecule has 17 heavy (non-hydrogen) atoms. The largest absolute Gasteiger partial charge is 0.399 e. The van der Waals surface area contributed by atoms with Crippen LogP contribution >= 0.6 is 0 Å². The molecule has 94 valence electrons. The van der Waals surface area contributed by atoms with E-state index in [4.69, 9.17) is 5.73 Å². The van der Waals surface area contributed by atoms with Crippen LogP contribution in [0.15, 0.2) is 18.2 Å². The predicted octanol–water partition coefficient (Wildman–Crippen LogP) is 3.60. The smallest absolute Gasteiger partial charge is 0.0404 e. The minimum Gasteiger partial charge on any atom is -0.399 e. The number of nitrogen functional groups attached to an aromatic ring is 1. The Kier molecular flexibility index (Phi) is 3.60. The highest BCUT2D eigenvalue weighted by Gasteiger charge is 2.26. The van der Waals surface area contributed by atoms with E-state index in [-0.39, 0.29) is 0 Å². The maximum Gasteiger partial charge on any atom is 0.0404 e. The SMILES string of the molecule is CCc1cc(N)ccc1N1[C@H](C)CCC[C@@H]1C. The molecular formula is C15H24N2. The maximum absolute atomic E-state index is 5.88. The van der Waals surface area contributed by atoms with Crippen molar-refractivity contribution < 1.29 is 0 Å². The Morgan fingerprint density at radius 2 is 1.88 bits per heavy atom. The third kappa shape index (κ3) is 2.41. The second kappa shape index (κ2) is 4.99. The summed E-state index contributed by atoms with van der Waals surface area (Å²) < 4.78 is 0. The van der Waals surface area contributed by atoms with Gasteiger partial charge in [-0.2, -0.15) is 0 Å². The molecule has 1 aromatic rings. The molecule has 2 atom stereocenters. The molecule has 0 radical (unpaired) electrons. The van der Waals surface area contributed by atoms with Crippen LogP contribution in [0.3, 0.4) is 0 Å². The number of hydrogen-bond donors (Lipinski definition) is 1. The number of hydrogen-bond acceptors (Lipinski definition) is 2. The van der Waals surface area contributed by atoms with Gasteiger partial charge in [-0.15, -0.1) is 0 Å². The van der Waals surface area contributed by atoms with E-state index in [0.717, 1.165) is 12.1 Å². The molecule has 2 heteroatoms. The Balaban J connectivity index is 2.37. The lowest BCUT2D eigenvalue weighted by Crippen LogP contribution is -2.44. The van der Waals surface area contributed by atoms with E-state index >= 15 is 0 Å². The fraction of sp³-hybridized carbons (Fsp3) is 0.600. The average molecular weight is 232 g/mol. The van der Waals surface area contributed by atoms with Gasteiger partial charge in [0, 0.05) is 23.5 Å². The number of rotatable bonds is 2. The Morgan fingerprint density at radius 3 is 2.47 bits per heavy atom. The summed E-state index contributed by atoms with van der Waals surface area (Å²) in [6, 6.07) is 7.65. The van der Waals surface area contributed by atoms with Crippen molar-refractivity contribution in [3.63, 3.8) is 0 Å². The summed E-state index contributed by atoms with van der Waals surface area (Å²) in [6.45, 7) is 6.88. The third-order valence-electron chi connectivity index (χ3n) is 3.96. The van der Waals surface area contributed by atoms with Gasteiger partial charge in [0.25, 0.3) is 0 Å². The summed E-state index contributed by atoms with van der Waals surface area (Å²) in [5.41, 5.74) is 9.53. The standard InChI is InChI=1S/C15H24N2/c1-4-13-10-14(16)8-9-15(13)17-11(2)6-5-7-12(17)3/h8-12H,4-7,16H2,1-3H3/t11-,12+. The van der Waals surface area contributed by atoms with Gasteiger partial charge in [-0.1, -0.05) is 6.92 Å². The van der Waals surface area contributed by atoms with E-state index < -0.39 is 0 Å². The molecule has 0 bridgehead atoms. The molecule has 1 saturated heterocycles. The molecular weight excluding hydrogens is 208 g/mol. The number of nitrogens with zero attached hydrogens (tertiary/aromatic N) is 1. The van der Waals surface area contributed by atoms with Crippen molar-refractivity contribution in [2.24, 2.45) is 0 Å². The van der Waals surface area contributed by atoms with Crippen LogP contribution in [0.5, 0.6) is 0 Å². The van der Waals surface area contributed by atoms with E-state index in [1.807, 2.05) is 6.07 Å². The van der Waals surface area contributed by atoms with E-state index in [1.54, 1.807) is 0 Å². The molecule has 2 rings (SSSR count). The first-order valence-corrected chi connectivity index (χ1v) is 6.80. The van der Waals surface area contributed by atoms with Gasteiger partial charge < -0.3 is 10.6 Å². The van der Waals surface area contributed by atoms with Crippen molar-refractivity contribution in [2.45, 2.75) is 58.5 Å². The van der Waals surface area contributed by atoms with Gasteiger partial charge in [0.2, 0.25) is 0 Å². The molecule has 1 aliphatic rings. The van der Waals surface area contributed by atoms with Crippen molar-refractivity contribution >= 4 is 11.4 Å². The molecule has 0 unspecified atom stereocenters. The molecule has 0 saturated carbocycles. The minimum atomic E-state index is 0.646. The van der Waals surface area contributed by atoms with Crippen LogP contribution in [0.25, 0.3) is 0 Å². The van der Waals surface area contributed by atoms with Crippen LogP contribution in [0.2, 0.25) is 0 Å². The lowest BCUT2D eigenvalue weighted by Gasteiger charge is -2.42. The topological polar surface area (TPSA) is 29.3 Å². The normalized spacial score (nSPS) is 25.0. The Labute approximate surface area is 105 Å². The first-order chi connectivity index (χ1) is 8.13. The fourth-order valence-corrected chi connectivity index (χ4v) is 3.04. The monoisotopic (exact) mass is 232 g/mol.